The molecule has 2 saturated carbocycles. The Kier molecular flexibility index (Phi) is 9.49. The molecule has 3 rings (SSSR count). The van der Waals surface area contributed by atoms with Crippen LogP contribution in [-0.4, -0.2) is 49.9 Å². The number of ether oxygens (including phenoxy) is 4. The molecule has 7 nitrogen and oxygen atoms in total. The molecule has 1 spiro atoms. The number of carbonyl (C=O) groups excluding carboxylic acids is 3. The Morgan fingerprint density at radius 2 is 1.83 bits per heavy atom. The highest BCUT2D eigenvalue weighted by Crippen LogP contribution is 2.48. The van der Waals surface area contributed by atoms with Gasteiger partial charge in [0.05, 0.1) is 37.8 Å². The molecule has 1 aliphatic heterocycles. The molecule has 170 valence electrons. The Bertz CT molecular complexity index is 609. The predicted molar refractivity (Wildman–Crippen MR) is 111 cm³/mol. The first-order valence-corrected chi connectivity index (χ1v) is 11.1. The maximum Gasteiger partial charge on any atom is 0.312 e. The van der Waals surface area contributed by atoms with Gasteiger partial charge in [-0.1, -0.05) is 6.08 Å². The maximum atomic E-state index is 12.3. The van der Waals surface area contributed by atoms with Crippen LogP contribution in [0.15, 0.2) is 12.7 Å². The minimum atomic E-state index is -0.561. The van der Waals surface area contributed by atoms with E-state index in [9.17, 15) is 14.4 Å². The normalized spacial score (nSPS) is 27.7. The Morgan fingerprint density at radius 3 is 2.43 bits per heavy atom. The van der Waals surface area contributed by atoms with Gasteiger partial charge in [0.1, 0.15) is 5.78 Å². The number of hydrogen-bond acceptors (Lipinski definition) is 7. The Hall–Kier alpha value is -1.73. The van der Waals surface area contributed by atoms with Crippen molar-refractivity contribution in [3.05, 3.63) is 12.7 Å². The average molecular weight is 425 g/mol. The first-order chi connectivity index (χ1) is 14.4. The van der Waals surface area contributed by atoms with E-state index in [2.05, 4.69) is 6.58 Å². The molecule has 30 heavy (non-hydrogen) atoms. The largest absolute Gasteiger partial charge is 0.466 e. The third-order valence-corrected chi connectivity index (χ3v) is 5.98. The van der Waals surface area contributed by atoms with E-state index in [1.807, 2.05) is 6.92 Å². The molecule has 3 aliphatic rings. The number of allylic oxidation sites excluding steroid dienone is 1. The third-order valence-electron chi connectivity index (χ3n) is 5.98. The van der Waals surface area contributed by atoms with Crippen LogP contribution >= 0.6 is 0 Å². The Labute approximate surface area is 179 Å². The van der Waals surface area contributed by atoms with Crippen LogP contribution in [0.2, 0.25) is 0 Å². The maximum absolute atomic E-state index is 12.3. The summed E-state index contributed by atoms with van der Waals surface area (Å²) in [7, 11) is 0. The zero-order valence-corrected chi connectivity index (χ0v) is 18.4. The summed E-state index contributed by atoms with van der Waals surface area (Å²) in [6, 6.07) is 0. The molecule has 0 radical (unpaired) electrons. The van der Waals surface area contributed by atoms with E-state index in [1.165, 1.54) is 0 Å². The summed E-state index contributed by atoms with van der Waals surface area (Å²) in [6.07, 6.45) is 8.29. The molecule has 0 aromatic rings. The van der Waals surface area contributed by atoms with Crippen molar-refractivity contribution in [2.45, 2.75) is 77.4 Å². The second-order valence-corrected chi connectivity index (χ2v) is 8.22. The van der Waals surface area contributed by atoms with Gasteiger partial charge in [0, 0.05) is 25.7 Å². The molecule has 7 heteroatoms. The molecule has 0 aromatic carbocycles. The highest BCUT2D eigenvalue weighted by atomic mass is 16.7. The van der Waals surface area contributed by atoms with Crippen molar-refractivity contribution in [1.29, 1.82) is 0 Å². The summed E-state index contributed by atoms with van der Waals surface area (Å²) in [5.74, 6) is -0.868. The summed E-state index contributed by atoms with van der Waals surface area (Å²) in [5, 5.41) is 0. The number of rotatable bonds is 6. The summed E-state index contributed by atoms with van der Waals surface area (Å²) >= 11 is 0. The minimum Gasteiger partial charge on any atom is -0.466 e. The number of carbonyl (C=O) groups is 3. The fraction of sp³-hybridized carbons (Fsp3) is 0.783. The van der Waals surface area contributed by atoms with Crippen LogP contribution < -0.4 is 0 Å². The van der Waals surface area contributed by atoms with Gasteiger partial charge in [-0.2, -0.15) is 0 Å². The zero-order valence-electron chi connectivity index (χ0n) is 18.4. The van der Waals surface area contributed by atoms with Crippen molar-refractivity contribution in [1.82, 2.24) is 0 Å². The van der Waals surface area contributed by atoms with E-state index >= 15 is 0 Å². The van der Waals surface area contributed by atoms with Crippen LogP contribution in [-0.2, 0) is 33.3 Å². The van der Waals surface area contributed by atoms with Crippen molar-refractivity contribution in [3.8, 4) is 0 Å². The number of ketones is 1. The van der Waals surface area contributed by atoms with Gasteiger partial charge in [0.2, 0.25) is 0 Å². The van der Waals surface area contributed by atoms with E-state index in [-0.39, 0.29) is 23.6 Å². The lowest BCUT2D eigenvalue weighted by atomic mass is 9.69. The van der Waals surface area contributed by atoms with Gasteiger partial charge in [-0.05, 0) is 46.0 Å². The molecule has 0 amide bonds. The first kappa shape index (κ1) is 24.5. The van der Waals surface area contributed by atoms with E-state index in [4.69, 9.17) is 18.9 Å². The van der Waals surface area contributed by atoms with Gasteiger partial charge in [-0.3, -0.25) is 14.4 Å². The van der Waals surface area contributed by atoms with E-state index in [0.29, 0.717) is 52.1 Å². The van der Waals surface area contributed by atoms with Crippen molar-refractivity contribution >= 4 is 17.7 Å². The number of Topliss-reactive ketones (excluding diaryl/α,β-unsaturated/α-hetero) is 1. The molecular formula is C23H36O7. The SMILES string of the molecule is C=CCC1(C(=O)OCC)CCCC2(C1)OCCO2.CCOC(=O)C1CCCC(=O)C1. The van der Waals surface area contributed by atoms with E-state index in [0.717, 1.165) is 32.1 Å². The first-order valence-electron chi connectivity index (χ1n) is 11.1. The van der Waals surface area contributed by atoms with Crippen molar-refractivity contribution in [2.75, 3.05) is 26.4 Å². The Balaban J connectivity index is 0.000000232. The predicted octanol–water partition coefficient (Wildman–Crippen LogP) is 3.74. The van der Waals surface area contributed by atoms with Crippen molar-refractivity contribution in [2.24, 2.45) is 11.3 Å². The molecule has 3 fully saturated rings. The monoisotopic (exact) mass is 424 g/mol. The van der Waals surface area contributed by atoms with Gasteiger partial charge >= 0.3 is 11.9 Å². The summed E-state index contributed by atoms with van der Waals surface area (Å²) in [5.41, 5.74) is -0.514. The van der Waals surface area contributed by atoms with Gasteiger partial charge < -0.3 is 18.9 Å². The highest BCUT2D eigenvalue weighted by Gasteiger charge is 2.52. The second-order valence-electron chi connectivity index (χ2n) is 8.22. The van der Waals surface area contributed by atoms with Gasteiger partial charge in [0.15, 0.2) is 5.79 Å². The van der Waals surface area contributed by atoms with Gasteiger partial charge in [-0.15, -0.1) is 6.58 Å². The molecule has 0 N–H and O–H groups in total. The quantitative estimate of drug-likeness (QED) is 0.474. The minimum absolute atomic E-state index is 0.136. The fourth-order valence-electron chi connectivity index (χ4n) is 4.61. The van der Waals surface area contributed by atoms with Crippen molar-refractivity contribution in [3.63, 3.8) is 0 Å². The lowest BCUT2D eigenvalue weighted by Crippen LogP contribution is -2.46. The number of esters is 2. The molecule has 0 aromatic heterocycles. The highest BCUT2D eigenvalue weighted by molar-refractivity contribution is 5.85. The standard InChI is InChI=1S/C14H22O4.C9H14O3/c1-3-6-13(12(15)16-4-2)7-5-8-14(11-13)17-9-10-18-14;1-2-12-9(11)7-4-3-5-8(10)6-7/h3H,1,4-11H2,2H3;7H,2-6H2,1H3. The smallest absolute Gasteiger partial charge is 0.312 e. The zero-order chi connectivity index (χ0) is 22.0. The van der Waals surface area contributed by atoms with Gasteiger partial charge in [-0.25, -0.2) is 0 Å². The summed E-state index contributed by atoms with van der Waals surface area (Å²) < 4.78 is 21.6. The lowest BCUT2D eigenvalue weighted by molar-refractivity contribution is -0.211. The Morgan fingerprint density at radius 1 is 1.13 bits per heavy atom. The lowest BCUT2D eigenvalue weighted by Gasteiger charge is -2.42. The molecule has 2 aliphatic carbocycles. The van der Waals surface area contributed by atoms with Crippen LogP contribution in [0.3, 0.4) is 0 Å². The third kappa shape index (κ3) is 6.38. The van der Waals surface area contributed by atoms with Crippen LogP contribution in [0.5, 0.6) is 0 Å². The molecular weight excluding hydrogens is 388 g/mol. The average Bonchev–Trinajstić information content (AvgIpc) is 3.16. The molecule has 2 unspecified atom stereocenters. The molecule has 2 atom stereocenters. The van der Waals surface area contributed by atoms with Crippen molar-refractivity contribution < 1.29 is 33.3 Å². The molecule has 1 heterocycles. The van der Waals surface area contributed by atoms with E-state index < -0.39 is 11.2 Å². The van der Waals surface area contributed by atoms with Crippen LogP contribution in [0.1, 0.15) is 71.6 Å². The van der Waals surface area contributed by atoms with Gasteiger partial charge in [0.25, 0.3) is 0 Å². The summed E-state index contributed by atoms with van der Waals surface area (Å²) in [4.78, 5) is 34.4. The fourth-order valence-corrected chi connectivity index (χ4v) is 4.61. The second kappa shape index (κ2) is 11.6. The van der Waals surface area contributed by atoms with Crippen LogP contribution in [0.4, 0.5) is 0 Å². The van der Waals surface area contributed by atoms with Crippen LogP contribution in [0, 0.1) is 11.3 Å². The summed E-state index contributed by atoms with van der Waals surface area (Å²) in [6.45, 7) is 9.43. The molecule has 1 saturated heterocycles. The number of hydrogen-bond donors (Lipinski definition) is 0. The van der Waals surface area contributed by atoms with E-state index in [1.54, 1.807) is 13.0 Å². The van der Waals surface area contributed by atoms with Crippen LogP contribution in [0.25, 0.3) is 0 Å². The molecule has 0 bridgehead atoms. The topological polar surface area (TPSA) is 88.1 Å².